The topological polar surface area (TPSA) is 73.9 Å². The van der Waals surface area contributed by atoms with Gasteiger partial charge in [0.1, 0.15) is 12.4 Å². The molecule has 0 unspecified atom stereocenters. The number of carbonyl (C=O) groups excluding carboxylic acids is 2. The number of nitrogens with one attached hydrogen (secondary N) is 1. The van der Waals surface area contributed by atoms with Gasteiger partial charge in [-0.15, -0.1) is 13.2 Å². The molecule has 0 spiro atoms. The molecule has 2 aromatic rings. The third kappa shape index (κ3) is 9.74. The summed E-state index contributed by atoms with van der Waals surface area (Å²) in [5.74, 6) is -0.528. The van der Waals surface area contributed by atoms with Gasteiger partial charge in [-0.3, -0.25) is 4.79 Å². The molecule has 0 bridgehead atoms. The molecule has 0 aliphatic heterocycles. The largest absolute Gasteiger partial charge is 0.493 e. The number of hydrogen-bond donors (Lipinski definition) is 1. The van der Waals surface area contributed by atoms with Crippen molar-refractivity contribution in [2.45, 2.75) is 38.3 Å². The van der Waals surface area contributed by atoms with E-state index in [-0.39, 0.29) is 19.8 Å². The molecule has 1 amide bonds. The average molecular weight is 452 g/mol. The Hall–Kier alpha value is -3.38. The fourth-order valence-corrected chi connectivity index (χ4v) is 3.03. The molecule has 0 saturated heterocycles. The van der Waals surface area contributed by atoms with E-state index in [9.17, 15) is 9.59 Å². The molecule has 1 N–H and O–H groups in total. The molecule has 1 atom stereocenters. The molecule has 0 heterocycles. The maximum Gasteiger partial charge on any atom is 0.331 e. The van der Waals surface area contributed by atoms with Crippen molar-refractivity contribution in [3.05, 3.63) is 91.0 Å². The Morgan fingerprint density at radius 2 is 1.70 bits per heavy atom. The zero-order valence-electron chi connectivity index (χ0n) is 19.0. The summed E-state index contributed by atoms with van der Waals surface area (Å²) in [6, 6.07) is 15.4. The van der Waals surface area contributed by atoms with E-state index in [4.69, 9.17) is 14.2 Å². The highest BCUT2D eigenvalue weighted by molar-refractivity contribution is 5.99. The summed E-state index contributed by atoms with van der Waals surface area (Å²) >= 11 is 0. The number of benzene rings is 2. The summed E-state index contributed by atoms with van der Waals surface area (Å²) in [5.41, 5.74) is 1.21. The third-order valence-corrected chi connectivity index (χ3v) is 4.78. The number of amides is 1. The van der Waals surface area contributed by atoms with Gasteiger partial charge < -0.3 is 19.5 Å². The lowest BCUT2D eigenvalue weighted by molar-refractivity contribution is -0.148. The van der Waals surface area contributed by atoms with Crippen LogP contribution >= 0.6 is 0 Å². The van der Waals surface area contributed by atoms with Gasteiger partial charge in [-0.1, -0.05) is 54.6 Å². The Bertz CT molecular complexity index is 881. The van der Waals surface area contributed by atoms with Crippen LogP contribution in [0.5, 0.6) is 5.75 Å². The molecule has 6 heteroatoms. The lowest BCUT2D eigenvalue weighted by Crippen LogP contribution is -2.45. The average Bonchev–Trinajstić information content (AvgIpc) is 2.85. The predicted molar refractivity (Wildman–Crippen MR) is 129 cm³/mol. The van der Waals surface area contributed by atoms with Gasteiger partial charge in [0, 0.05) is 0 Å². The molecule has 0 aliphatic rings. The Morgan fingerprint density at radius 3 is 2.45 bits per heavy atom. The van der Waals surface area contributed by atoms with E-state index in [0.717, 1.165) is 31.2 Å². The zero-order chi connectivity index (χ0) is 23.7. The van der Waals surface area contributed by atoms with E-state index in [1.165, 1.54) is 0 Å². The van der Waals surface area contributed by atoms with Crippen LogP contribution in [0.1, 0.15) is 41.6 Å². The molecule has 33 heavy (non-hydrogen) atoms. The number of para-hydroxylation sites is 1. The van der Waals surface area contributed by atoms with E-state index in [1.807, 2.05) is 42.5 Å². The standard InChI is InChI=1S/C27H33NO5/c1-3-5-6-7-13-19-32-25-17-12-11-16-23(25)26(29)28-24(21-31-18-4-2)27(30)33-20-22-14-9-8-10-15-22/h3-4,8-12,14-17,24H,1-2,5-7,13,18-21H2,(H,28,29)/t24-/m0/s1. The Kier molecular flexibility index (Phi) is 12.1. The van der Waals surface area contributed by atoms with Crippen molar-refractivity contribution in [1.82, 2.24) is 5.32 Å². The quantitative estimate of drug-likeness (QED) is 0.224. The predicted octanol–water partition coefficient (Wildman–Crippen LogP) is 4.86. The molecule has 0 aliphatic carbocycles. The molecule has 176 valence electrons. The summed E-state index contributed by atoms with van der Waals surface area (Å²) < 4.78 is 16.7. The highest BCUT2D eigenvalue weighted by Gasteiger charge is 2.24. The smallest absolute Gasteiger partial charge is 0.331 e. The van der Waals surface area contributed by atoms with Crippen molar-refractivity contribution in [1.29, 1.82) is 0 Å². The first-order chi connectivity index (χ1) is 16.2. The van der Waals surface area contributed by atoms with Crippen LogP contribution in [0.4, 0.5) is 0 Å². The van der Waals surface area contributed by atoms with Crippen molar-refractivity contribution >= 4 is 11.9 Å². The fraction of sp³-hybridized carbons (Fsp3) is 0.333. The summed E-state index contributed by atoms with van der Waals surface area (Å²) in [5, 5.41) is 2.72. The van der Waals surface area contributed by atoms with Crippen LogP contribution in [-0.2, 0) is 20.9 Å². The van der Waals surface area contributed by atoms with Crippen LogP contribution < -0.4 is 10.1 Å². The third-order valence-electron chi connectivity index (χ3n) is 4.78. The molecular formula is C27H33NO5. The Balaban J connectivity index is 1.98. The van der Waals surface area contributed by atoms with Gasteiger partial charge in [0.05, 0.1) is 25.4 Å². The zero-order valence-corrected chi connectivity index (χ0v) is 19.0. The number of hydrogen-bond acceptors (Lipinski definition) is 5. The van der Waals surface area contributed by atoms with Crippen LogP contribution in [0.25, 0.3) is 0 Å². The van der Waals surface area contributed by atoms with E-state index >= 15 is 0 Å². The molecular weight excluding hydrogens is 418 g/mol. The number of ether oxygens (including phenoxy) is 3. The van der Waals surface area contributed by atoms with Crippen LogP contribution in [0.3, 0.4) is 0 Å². The molecule has 6 nitrogen and oxygen atoms in total. The normalized spacial score (nSPS) is 11.3. The monoisotopic (exact) mass is 451 g/mol. The fourth-order valence-electron chi connectivity index (χ4n) is 3.03. The first kappa shape index (κ1) is 25.9. The molecule has 2 rings (SSSR count). The number of allylic oxidation sites excluding steroid dienone is 1. The van der Waals surface area contributed by atoms with Gasteiger partial charge in [-0.05, 0) is 43.4 Å². The number of carbonyl (C=O) groups is 2. The van der Waals surface area contributed by atoms with Gasteiger partial charge in [0.15, 0.2) is 6.04 Å². The van der Waals surface area contributed by atoms with Crippen LogP contribution in [0, 0.1) is 0 Å². The van der Waals surface area contributed by atoms with Gasteiger partial charge in [-0.2, -0.15) is 0 Å². The SMILES string of the molecule is C=CCCCCCOc1ccccc1C(=O)N[C@@H](COCC=C)C(=O)OCc1ccccc1. The summed E-state index contributed by atoms with van der Waals surface area (Å²) in [4.78, 5) is 25.7. The summed E-state index contributed by atoms with van der Waals surface area (Å²) in [6.45, 7) is 8.16. The minimum absolute atomic E-state index is 0.0300. The van der Waals surface area contributed by atoms with Gasteiger partial charge in [0.25, 0.3) is 5.91 Å². The lowest BCUT2D eigenvalue weighted by atomic mass is 10.1. The van der Waals surface area contributed by atoms with Crippen LogP contribution in [0.15, 0.2) is 79.9 Å². The summed E-state index contributed by atoms with van der Waals surface area (Å²) in [7, 11) is 0. The van der Waals surface area contributed by atoms with E-state index in [2.05, 4.69) is 18.5 Å². The second-order valence-electron chi connectivity index (χ2n) is 7.43. The van der Waals surface area contributed by atoms with Gasteiger partial charge >= 0.3 is 5.97 Å². The molecule has 0 saturated carbocycles. The maximum atomic E-state index is 13.0. The number of unbranched alkanes of at least 4 members (excludes halogenated alkanes) is 3. The minimum atomic E-state index is -0.965. The van der Waals surface area contributed by atoms with Gasteiger partial charge in [0.2, 0.25) is 0 Å². The second kappa shape index (κ2) is 15.4. The molecule has 0 aromatic heterocycles. The first-order valence-corrected chi connectivity index (χ1v) is 11.2. The lowest BCUT2D eigenvalue weighted by Gasteiger charge is -2.19. The summed E-state index contributed by atoms with van der Waals surface area (Å²) in [6.07, 6.45) is 7.43. The Morgan fingerprint density at radius 1 is 0.939 bits per heavy atom. The highest BCUT2D eigenvalue weighted by atomic mass is 16.5. The van der Waals surface area contributed by atoms with E-state index in [1.54, 1.807) is 24.3 Å². The molecule has 0 fully saturated rings. The van der Waals surface area contributed by atoms with Crippen molar-refractivity contribution in [3.63, 3.8) is 0 Å². The number of rotatable bonds is 16. The minimum Gasteiger partial charge on any atom is -0.493 e. The van der Waals surface area contributed by atoms with Crippen LogP contribution in [0.2, 0.25) is 0 Å². The number of esters is 1. The second-order valence-corrected chi connectivity index (χ2v) is 7.43. The molecule has 0 radical (unpaired) electrons. The maximum absolute atomic E-state index is 13.0. The Labute approximate surface area is 196 Å². The van der Waals surface area contributed by atoms with E-state index in [0.29, 0.717) is 17.9 Å². The highest BCUT2D eigenvalue weighted by Crippen LogP contribution is 2.19. The van der Waals surface area contributed by atoms with Crippen LogP contribution in [-0.4, -0.2) is 37.7 Å². The van der Waals surface area contributed by atoms with Gasteiger partial charge in [-0.25, -0.2) is 4.79 Å². The first-order valence-electron chi connectivity index (χ1n) is 11.2. The molecule has 2 aromatic carbocycles. The van der Waals surface area contributed by atoms with Crippen molar-refractivity contribution in [3.8, 4) is 5.75 Å². The van der Waals surface area contributed by atoms with Crippen molar-refractivity contribution in [2.75, 3.05) is 19.8 Å². The van der Waals surface area contributed by atoms with Crippen molar-refractivity contribution < 1.29 is 23.8 Å². The van der Waals surface area contributed by atoms with Crippen molar-refractivity contribution in [2.24, 2.45) is 0 Å². The van der Waals surface area contributed by atoms with E-state index < -0.39 is 17.9 Å².